The van der Waals surface area contributed by atoms with Crippen molar-refractivity contribution in [3.8, 4) is 0 Å². The molecular formula is C16H25N3O. The highest BCUT2D eigenvalue weighted by Gasteiger charge is 2.21. The molecule has 0 spiro atoms. The van der Waals surface area contributed by atoms with Crippen LogP contribution in [0.3, 0.4) is 0 Å². The van der Waals surface area contributed by atoms with E-state index in [-0.39, 0.29) is 5.56 Å². The Morgan fingerprint density at radius 3 is 3.20 bits per heavy atom. The van der Waals surface area contributed by atoms with Gasteiger partial charge in [-0.1, -0.05) is 18.6 Å². The van der Waals surface area contributed by atoms with Crippen LogP contribution in [0, 0.1) is 0 Å². The van der Waals surface area contributed by atoms with E-state index in [0.29, 0.717) is 5.92 Å². The van der Waals surface area contributed by atoms with Gasteiger partial charge in [-0.3, -0.25) is 4.79 Å². The molecule has 1 aliphatic rings. The van der Waals surface area contributed by atoms with Crippen LogP contribution in [0.5, 0.6) is 0 Å². The summed E-state index contributed by atoms with van der Waals surface area (Å²) in [6.07, 6.45) is 8.44. The van der Waals surface area contributed by atoms with Crippen molar-refractivity contribution >= 4 is 0 Å². The highest BCUT2D eigenvalue weighted by molar-refractivity contribution is 5.08. The number of rotatable bonds is 5. The zero-order chi connectivity index (χ0) is 14.4. The van der Waals surface area contributed by atoms with Crippen molar-refractivity contribution < 1.29 is 0 Å². The maximum absolute atomic E-state index is 11.4. The molecule has 1 saturated heterocycles. The number of hydrogen-bond donors (Lipinski definition) is 1. The molecule has 1 aromatic heterocycles. The number of nitrogens with zero attached hydrogens (tertiary/aromatic N) is 2. The van der Waals surface area contributed by atoms with Crippen LogP contribution in [0.15, 0.2) is 28.8 Å². The van der Waals surface area contributed by atoms with Gasteiger partial charge in [0.2, 0.25) is 0 Å². The van der Waals surface area contributed by atoms with Gasteiger partial charge >= 0.3 is 0 Å². The smallest absolute Gasteiger partial charge is 0.250 e. The van der Waals surface area contributed by atoms with Gasteiger partial charge in [-0.05, 0) is 39.2 Å². The van der Waals surface area contributed by atoms with E-state index in [1.54, 1.807) is 6.07 Å². The van der Waals surface area contributed by atoms with Crippen molar-refractivity contribution in [1.29, 1.82) is 0 Å². The van der Waals surface area contributed by atoms with Crippen molar-refractivity contribution in [2.75, 3.05) is 19.6 Å². The molecule has 0 aliphatic carbocycles. The molecule has 0 amide bonds. The van der Waals surface area contributed by atoms with Crippen LogP contribution in [0.1, 0.15) is 51.1 Å². The molecule has 20 heavy (non-hydrogen) atoms. The Labute approximate surface area is 120 Å². The van der Waals surface area contributed by atoms with Crippen LogP contribution < -0.4 is 5.56 Å². The first-order valence-electron chi connectivity index (χ1n) is 7.61. The number of likely N-dealkylation sites (tertiary alicyclic amines) is 1. The third-order valence-electron chi connectivity index (χ3n) is 4.12. The van der Waals surface area contributed by atoms with E-state index in [0.717, 1.165) is 38.0 Å². The fourth-order valence-electron chi connectivity index (χ4n) is 2.74. The topological polar surface area (TPSA) is 49.0 Å². The molecule has 1 atom stereocenters. The fraction of sp³-hybridized carbons (Fsp3) is 0.625. The third kappa shape index (κ3) is 4.30. The van der Waals surface area contributed by atoms with E-state index in [2.05, 4.69) is 34.8 Å². The van der Waals surface area contributed by atoms with Crippen LogP contribution in [0.4, 0.5) is 0 Å². The summed E-state index contributed by atoms with van der Waals surface area (Å²) in [6.45, 7) is 7.69. The molecule has 0 radical (unpaired) electrons. The van der Waals surface area contributed by atoms with Crippen molar-refractivity contribution in [3.05, 3.63) is 40.1 Å². The summed E-state index contributed by atoms with van der Waals surface area (Å²) in [5, 5.41) is 0. The van der Waals surface area contributed by atoms with Gasteiger partial charge in [0, 0.05) is 25.1 Å². The molecule has 0 saturated carbocycles. The Bertz CT molecular complexity index is 506. The van der Waals surface area contributed by atoms with E-state index in [1.807, 2.05) is 0 Å². The van der Waals surface area contributed by atoms with Crippen molar-refractivity contribution in [2.45, 2.75) is 45.4 Å². The van der Waals surface area contributed by atoms with Gasteiger partial charge in [0.05, 0.1) is 12.0 Å². The zero-order valence-electron chi connectivity index (χ0n) is 12.6. The van der Waals surface area contributed by atoms with Gasteiger partial charge in [0.15, 0.2) is 0 Å². The van der Waals surface area contributed by atoms with Gasteiger partial charge in [0.25, 0.3) is 5.56 Å². The summed E-state index contributed by atoms with van der Waals surface area (Å²) in [5.41, 5.74) is 2.36. The Morgan fingerprint density at radius 2 is 2.45 bits per heavy atom. The number of aromatic amines is 1. The molecule has 1 N–H and O–H groups in total. The van der Waals surface area contributed by atoms with Crippen LogP contribution in [-0.4, -0.2) is 34.5 Å². The lowest BCUT2D eigenvalue weighted by molar-refractivity contribution is 0.209. The summed E-state index contributed by atoms with van der Waals surface area (Å²) in [7, 11) is 0. The predicted octanol–water partition coefficient (Wildman–Crippen LogP) is 2.70. The summed E-state index contributed by atoms with van der Waals surface area (Å²) < 4.78 is 0. The minimum absolute atomic E-state index is 0.0476. The third-order valence-corrected chi connectivity index (χ3v) is 4.12. The number of nitrogens with one attached hydrogen (secondary N) is 1. The molecular weight excluding hydrogens is 250 g/mol. The lowest BCUT2D eigenvalue weighted by Gasteiger charge is -2.32. The number of hydrogen-bond acceptors (Lipinski definition) is 3. The van der Waals surface area contributed by atoms with E-state index in [9.17, 15) is 4.79 Å². The van der Waals surface area contributed by atoms with E-state index in [4.69, 9.17) is 0 Å². The van der Waals surface area contributed by atoms with Gasteiger partial charge in [-0.25, -0.2) is 4.98 Å². The Kier molecular flexibility index (Phi) is 5.53. The number of aromatic nitrogens is 2. The summed E-state index contributed by atoms with van der Waals surface area (Å²) in [4.78, 5) is 20.8. The first kappa shape index (κ1) is 15.0. The standard InChI is InChI=1S/C16H25N3O/c1-3-13(2)6-4-8-19-9-5-7-14(11-19)15-10-16(20)18-12-17-15/h6,10,12,14H,3-5,7-9,11H2,1-2H3,(H,17,18,20)/b13-6+/t14-/m0/s1. The Morgan fingerprint density at radius 1 is 1.60 bits per heavy atom. The SMILES string of the molecule is CC/C(C)=C/CCN1CCC[C@H](c2cc(=O)[nH]cn2)C1. The average Bonchev–Trinajstić information content (AvgIpc) is 2.47. The first-order chi connectivity index (χ1) is 9.69. The second-order valence-corrected chi connectivity index (χ2v) is 5.67. The number of H-pyrrole nitrogens is 1. The van der Waals surface area contributed by atoms with Crippen LogP contribution >= 0.6 is 0 Å². The van der Waals surface area contributed by atoms with Crippen molar-refractivity contribution in [2.24, 2.45) is 0 Å². The van der Waals surface area contributed by atoms with Gasteiger partial charge in [-0.15, -0.1) is 0 Å². The molecule has 1 aliphatic heterocycles. The van der Waals surface area contributed by atoms with Gasteiger partial charge in [-0.2, -0.15) is 0 Å². The van der Waals surface area contributed by atoms with Crippen LogP contribution in [0.25, 0.3) is 0 Å². The molecule has 4 heteroatoms. The Hall–Kier alpha value is -1.42. The molecule has 4 nitrogen and oxygen atoms in total. The highest BCUT2D eigenvalue weighted by Crippen LogP contribution is 2.24. The van der Waals surface area contributed by atoms with Gasteiger partial charge < -0.3 is 9.88 Å². The van der Waals surface area contributed by atoms with E-state index >= 15 is 0 Å². The number of piperidine rings is 1. The average molecular weight is 275 g/mol. The molecule has 1 aromatic rings. The van der Waals surface area contributed by atoms with Crippen LogP contribution in [0.2, 0.25) is 0 Å². The second-order valence-electron chi connectivity index (χ2n) is 5.67. The summed E-state index contributed by atoms with van der Waals surface area (Å²) >= 11 is 0. The Balaban J connectivity index is 1.90. The maximum atomic E-state index is 11.4. The van der Waals surface area contributed by atoms with E-state index < -0.39 is 0 Å². The summed E-state index contributed by atoms with van der Waals surface area (Å²) in [6, 6.07) is 1.65. The lowest BCUT2D eigenvalue weighted by Crippen LogP contribution is -2.35. The van der Waals surface area contributed by atoms with Crippen LogP contribution in [-0.2, 0) is 0 Å². The maximum Gasteiger partial charge on any atom is 0.250 e. The monoisotopic (exact) mass is 275 g/mol. The van der Waals surface area contributed by atoms with Crippen molar-refractivity contribution in [3.63, 3.8) is 0 Å². The van der Waals surface area contributed by atoms with E-state index in [1.165, 1.54) is 24.9 Å². The molecule has 0 unspecified atom stereocenters. The molecule has 0 aromatic carbocycles. The van der Waals surface area contributed by atoms with Gasteiger partial charge in [0.1, 0.15) is 0 Å². The molecule has 2 rings (SSSR count). The quantitative estimate of drug-likeness (QED) is 0.841. The lowest BCUT2D eigenvalue weighted by atomic mass is 9.94. The molecule has 110 valence electrons. The number of allylic oxidation sites excluding steroid dienone is 1. The predicted molar refractivity (Wildman–Crippen MR) is 81.9 cm³/mol. The largest absolute Gasteiger partial charge is 0.313 e. The van der Waals surface area contributed by atoms with Crippen molar-refractivity contribution in [1.82, 2.24) is 14.9 Å². The second kappa shape index (κ2) is 7.39. The highest BCUT2D eigenvalue weighted by atomic mass is 16.1. The molecule has 0 bridgehead atoms. The fourth-order valence-corrected chi connectivity index (χ4v) is 2.74. The molecule has 2 heterocycles. The zero-order valence-corrected chi connectivity index (χ0v) is 12.6. The normalized spacial score (nSPS) is 21.1. The first-order valence-corrected chi connectivity index (χ1v) is 7.61. The minimum Gasteiger partial charge on any atom is -0.313 e. The summed E-state index contributed by atoms with van der Waals surface area (Å²) in [5.74, 6) is 0.405. The molecule has 1 fully saturated rings. The minimum atomic E-state index is -0.0476.